The van der Waals surface area contributed by atoms with E-state index in [1.54, 1.807) is 18.7 Å². The highest BCUT2D eigenvalue weighted by atomic mass is 16.6. The standard InChI is InChI=1S/C33H48N2O6/c1-5-22-15-25(26(16-22)19-35-30(36)28-9-7-8-10-29(28)31(35)37)12-11-23-17-24(6-2)27(18-23)20-41-33(39)34-13-14-40-32(38)21(3)4/h5-6,11-12,21-29H,1-2,7-10,13-20H2,3-4H3,(H,34,39)/b12-11-. The van der Waals surface area contributed by atoms with Crippen LogP contribution in [0.2, 0.25) is 0 Å². The highest BCUT2D eigenvalue weighted by Gasteiger charge is 2.49. The number of rotatable bonds is 12. The van der Waals surface area contributed by atoms with Crippen molar-refractivity contribution in [2.75, 3.05) is 26.3 Å². The molecule has 4 aliphatic rings. The molecule has 3 saturated carbocycles. The number of imide groups is 1. The van der Waals surface area contributed by atoms with Crippen LogP contribution in [0.1, 0.15) is 65.2 Å². The second-order valence-corrected chi connectivity index (χ2v) is 12.8. The molecule has 8 nitrogen and oxygen atoms in total. The quantitative estimate of drug-likeness (QED) is 0.148. The molecule has 8 unspecified atom stereocenters. The number of likely N-dealkylation sites (tertiary alicyclic amines) is 1. The van der Waals surface area contributed by atoms with E-state index in [0.29, 0.717) is 30.9 Å². The van der Waals surface area contributed by atoms with Crippen LogP contribution >= 0.6 is 0 Å². The van der Waals surface area contributed by atoms with Gasteiger partial charge in [0.05, 0.1) is 30.9 Å². The van der Waals surface area contributed by atoms with E-state index in [9.17, 15) is 19.2 Å². The van der Waals surface area contributed by atoms with Gasteiger partial charge >= 0.3 is 12.1 Å². The number of esters is 1. The average Bonchev–Trinajstić information content (AvgIpc) is 3.63. The lowest BCUT2D eigenvalue weighted by Gasteiger charge is -2.23. The minimum Gasteiger partial charge on any atom is -0.464 e. The first-order valence-corrected chi connectivity index (χ1v) is 15.6. The van der Waals surface area contributed by atoms with Gasteiger partial charge in [0.2, 0.25) is 11.8 Å². The fourth-order valence-electron chi connectivity index (χ4n) is 7.33. The Bertz CT molecular complexity index is 997. The summed E-state index contributed by atoms with van der Waals surface area (Å²) in [5.41, 5.74) is 0. The van der Waals surface area contributed by atoms with Crippen LogP contribution in [0.15, 0.2) is 37.5 Å². The van der Waals surface area contributed by atoms with Crippen LogP contribution in [0.25, 0.3) is 0 Å². The summed E-state index contributed by atoms with van der Waals surface area (Å²) >= 11 is 0. The van der Waals surface area contributed by atoms with Gasteiger partial charge in [-0.3, -0.25) is 19.3 Å². The summed E-state index contributed by atoms with van der Waals surface area (Å²) in [6.45, 7) is 12.7. The first kappa shape index (κ1) is 31.0. The molecule has 0 spiro atoms. The number of alkyl carbamates (subject to hydrolysis) is 1. The molecule has 226 valence electrons. The minimum absolute atomic E-state index is 0.0533. The van der Waals surface area contributed by atoms with Crippen LogP contribution in [-0.2, 0) is 23.9 Å². The minimum atomic E-state index is -0.512. The Balaban J connectivity index is 1.27. The van der Waals surface area contributed by atoms with Crippen molar-refractivity contribution < 1.29 is 28.7 Å². The third kappa shape index (κ3) is 7.69. The van der Waals surface area contributed by atoms with Crippen LogP contribution in [0.4, 0.5) is 4.79 Å². The van der Waals surface area contributed by atoms with Crippen molar-refractivity contribution in [1.29, 1.82) is 0 Å². The molecule has 1 heterocycles. The Labute approximate surface area is 245 Å². The Hall–Kier alpha value is -2.90. The van der Waals surface area contributed by atoms with E-state index in [4.69, 9.17) is 9.47 Å². The molecule has 1 N–H and O–H groups in total. The summed E-state index contributed by atoms with van der Waals surface area (Å²) in [7, 11) is 0. The maximum Gasteiger partial charge on any atom is 0.407 e. The smallest absolute Gasteiger partial charge is 0.407 e. The van der Waals surface area contributed by atoms with Gasteiger partial charge in [0.25, 0.3) is 0 Å². The third-order valence-electron chi connectivity index (χ3n) is 9.70. The maximum absolute atomic E-state index is 13.1. The molecule has 4 rings (SSSR count). The molecule has 0 aromatic heterocycles. The van der Waals surface area contributed by atoms with Crippen molar-refractivity contribution in [2.24, 2.45) is 53.3 Å². The molecule has 8 heteroatoms. The normalized spacial score (nSPS) is 33.3. The van der Waals surface area contributed by atoms with Gasteiger partial charge in [0.15, 0.2) is 0 Å². The Kier molecular flexibility index (Phi) is 10.8. The van der Waals surface area contributed by atoms with Crippen LogP contribution in [0.3, 0.4) is 0 Å². The highest BCUT2D eigenvalue weighted by molar-refractivity contribution is 6.05. The molecule has 4 fully saturated rings. The molecular weight excluding hydrogens is 520 g/mol. The number of amides is 3. The predicted octanol–water partition coefficient (Wildman–Crippen LogP) is 5.30. The zero-order valence-corrected chi connectivity index (χ0v) is 24.8. The molecule has 0 aromatic carbocycles. The third-order valence-corrected chi connectivity index (χ3v) is 9.70. The van der Waals surface area contributed by atoms with Gasteiger partial charge in [0, 0.05) is 12.5 Å². The van der Waals surface area contributed by atoms with Crippen LogP contribution in [0.5, 0.6) is 0 Å². The second kappa shape index (κ2) is 14.3. The summed E-state index contributed by atoms with van der Waals surface area (Å²) in [5.74, 6) is 1.16. The van der Waals surface area contributed by atoms with E-state index < -0.39 is 6.09 Å². The SMILES string of the molecule is C=CC1CC(/C=C\C2CC(C=C)C(COC(=O)NCCOC(=O)C(C)C)C2)C(CN2C(=O)C3CCCCC3C2=O)C1. The van der Waals surface area contributed by atoms with Crippen LogP contribution in [-0.4, -0.2) is 55.1 Å². The molecule has 3 aliphatic carbocycles. The highest BCUT2D eigenvalue weighted by Crippen LogP contribution is 2.44. The molecule has 0 aromatic rings. The molecule has 41 heavy (non-hydrogen) atoms. The first-order valence-electron chi connectivity index (χ1n) is 15.6. The number of nitrogens with zero attached hydrogens (tertiary/aromatic N) is 1. The van der Waals surface area contributed by atoms with E-state index in [-0.39, 0.29) is 66.4 Å². The summed E-state index contributed by atoms with van der Waals surface area (Å²) < 4.78 is 10.5. The van der Waals surface area contributed by atoms with Gasteiger partial charge in [-0.2, -0.15) is 0 Å². The van der Waals surface area contributed by atoms with Crippen molar-refractivity contribution in [3.63, 3.8) is 0 Å². The van der Waals surface area contributed by atoms with Gasteiger partial charge in [-0.15, -0.1) is 13.2 Å². The van der Waals surface area contributed by atoms with E-state index in [0.717, 1.165) is 51.4 Å². The maximum atomic E-state index is 13.1. The topological polar surface area (TPSA) is 102 Å². The monoisotopic (exact) mass is 568 g/mol. The molecule has 1 saturated heterocycles. The molecule has 1 aliphatic heterocycles. The van der Waals surface area contributed by atoms with Crippen molar-refractivity contribution >= 4 is 23.9 Å². The van der Waals surface area contributed by atoms with E-state index in [1.807, 2.05) is 12.2 Å². The zero-order chi connectivity index (χ0) is 29.5. The van der Waals surface area contributed by atoms with Crippen molar-refractivity contribution in [3.05, 3.63) is 37.5 Å². The number of carbonyl (C=O) groups is 4. The Morgan fingerprint density at radius 3 is 2.20 bits per heavy atom. The number of fused-ring (bicyclic) bond motifs is 1. The van der Waals surface area contributed by atoms with E-state index in [2.05, 4.69) is 30.6 Å². The van der Waals surface area contributed by atoms with Crippen molar-refractivity contribution in [3.8, 4) is 0 Å². The van der Waals surface area contributed by atoms with Gasteiger partial charge in [-0.05, 0) is 68.1 Å². The molecule has 0 radical (unpaired) electrons. The number of ether oxygens (including phenoxy) is 2. The average molecular weight is 569 g/mol. The second-order valence-electron chi connectivity index (χ2n) is 12.8. The first-order chi connectivity index (χ1) is 19.7. The molecule has 3 amide bonds. The molecule has 0 bridgehead atoms. The van der Waals surface area contributed by atoms with Crippen molar-refractivity contribution in [1.82, 2.24) is 10.2 Å². The zero-order valence-electron chi connectivity index (χ0n) is 24.8. The van der Waals surface area contributed by atoms with E-state index in [1.165, 1.54) is 0 Å². The lowest BCUT2D eigenvalue weighted by molar-refractivity contribution is -0.147. The summed E-state index contributed by atoms with van der Waals surface area (Å²) in [4.78, 5) is 51.4. The number of hydrogen-bond acceptors (Lipinski definition) is 6. The Morgan fingerprint density at radius 2 is 1.56 bits per heavy atom. The number of nitrogens with one attached hydrogen (secondary N) is 1. The molecule has 8 atom stereocenters. The summed E-state index contributed by atoms with van der Waals surface area (Å²) in [5, 5.41) is 2.64. The Morgan fingerprint density at radius 1 is 0.902 bits per heavy atom. The van der Waals surface area contributed by atoms with Crippen LogP contribution in [0, 0.1) is 53.3 Å². The summed E-state index contributed by atoms with van der Waals surface area (Å²) in [6, 6.07) is 0. The van der Waals surface area contributed by atoms with Crippen molar-refractivity contribution in [2.45, 2.75) is 65.2 Å². The van der Waals surface area contributed by atoms with Crippen LogP contribution < -0.4 is 5.32 Å². The van der Waals surface area contributed by atoms with Gasteiger partial charge < -0.3 is 14.8 Å². The predicted molar refractivity (Wildman–Crippen MR) is 156 cm³/mol. The fourth-order valence-corrected chi connectivity index (χ4v) is 7.33. The number of carbonyl (C=O) groups excluding carboxylic acids is 4. The molecular formula is C33H48N2O6. The lowest BCUT2D eigenvalue weighted by atomic mass is 9.81. The largest absolute Gasteiger partial charge is 0.464 e. The van der Waals surface area contributed by atoms with E-state index >= 15 is 0 Å². The number of hydrogen-bond donors (Lipinski definition) is 1. The van der Waals surface area contributed by atoms with Gasteiger partial charge in [-0.1, -0.05) is 51.0 Å². The lowest BCUT2D eigenvalue weighted by Crippen LogP contribution is -2.36. The number of allylic oxidation sites excluding steroid dienone is 4. The van der Waals surface area contributed by atoms with Gasteiger partial charge in [0.1, 0.15) is 6.61 Å². The van der Waals surface area contributed by atoms with Gasteiger partial charge in [-0.25, -0.2) is 4.79 Å². The fraction of sp³-hybridized carbons (Fsp3) is 0.697. The summed E-state index contributed by atoms with van der Waals surface area (Å²) in [6.07, 6.45) is 15.7.